The molecule has 48 valence electrons. The zero-order chi connectivity index (χ0) is 6.69. The molecule has 0 unspecified atom stereocenters. The maximum atomic E-state index is 4.12. The van der Waals surface area contributed by atoms with Gasteiger partial charge in [-0.1, -0.05) is 20.0 Å². The molecule has 1 nitrogen and oxygen atoms in total. The van der Waals surface area contributed by atoms with Gasteiger partial charge in [-0.2, -0.15) is 6.07 Å². The molecule has 0 aliphatic heterocycles. The Hall–Kier alpha value is 0.786. The predicted octanol–water partition coefficient (Wildman–Crippen LogP) is -0.991. The van der Waals surface area contributed by atoms with Gasteiger partial charge in [0.15, 0.2) is 0 Å². The summed E-state index contributed by atoms with van der Waals surface area (Å²) in [6.07, 6.45) is 1.70. The first-order chi connectivity index (χ1) is 4.30. The van der Waals surface area contributed by atoms with Crippen LogP contribution in [0.1, 0.15) is 25.5 Å². The second-order valence-electron chi connectivity index (χ2n) is 2.34. The van der Waals surface area contributed by atoms with Crippen molar-refractivity contribution in [3.05, 3.63) is 30.1 Å². The SMILES string of the molecule is CC(C)c1cc[c-]cn1.[K+]. The average Bonchev–Trinajstić information content (AvgIpc) is 1.90. The molecule has 0 N–H and O–H groups in total. The Morgan fingerprint density at radius 2 is 2.20 bits per heavy atom. The van der Waals surface area contributed by atoms with Crippen LogP contribution in [-0.2, 0) is 0 Å². The van der Waals surface area contributed by atoms with Gasteiger partial charge in [0.1, 0.15) is 0 Å². The molecule has 1 heterocycles. The molecule has 0 amide bonds. The van der Waals surface area contributed by atoms with E-state index in [0.29, 0.717) is 5.92 Å². The Labute approximate surface area is 105 Å². The van der Waals surface area contributed by atoms with Crippen LogP contribution in [-0.4, -0.2) is 4.98 Å². The molecular formula is C8H10KN. The van der Waals surface area contributed by atoms with Crippen molar-refractivity contribution >= 4 is 0 Å². The van der Waals surface area contributed by atoms with Crippen LogP contribution < -0.4 is 51.4 Å². The van der Waals surface area contributed by atoms with Gasteiger partial charge in [-0.3, -0.25) is 0 Å². The molecule has 1 rings (SSSR count). The monoisotopic (exact) mass is 159 g/mol. The third-order valence-corrected chi connectivity index (χ3v) is 1.23. The van der Waals surface area contributed by atoms with Gasteiger partial charge in [0.25, 0.3) is 0 Å². The molecule has 10 heavy (non-hydrogen) atoms. The van der Waals surface area contributed by atoms with E-state index in [1.165, 1.54) is 0 Å². The van der Waals surface area contributed by atoms with Gasteiger partial charge in [-0.15, -0.1) is 0 Å². The number of rotatable bonds is 1. The van der Waals surface area contributed by atoms with Crippen LogP contribution in [0.25, 0.3) is 0 Å². The minimum absolute atomic E-state index is 0. The number of aromatic nitrogens is 1. The molecule has 0 spiro atoms. The van der Waals surface area contributed by atoms with Crippen LogP contribution in [0.5, 0.6) is 0 Å². The normalized spacial score (nSPS) is 9.10. The summed E-state index contributed by atoms with van der Waals surface area (Å²) in [5, 5.41) is 0. The summed E-state index contributed by atoms with van der Waals surface area (Å²) in [4.78, 5) is 4.12. The quantitative estimate of drug-likeness (QED) is 0.379. The number of nitrogens with zero attached hydrogens (tertiary/aromatic N) is 1. The molecule has 1 aromatic heterocycles. The van der Waals surface area contributed by atoms with Crippen LogP contribution in [0.2, 0.25) is 0 Å². The van der Waals surface area contributed by atoms with Crippen molar-refractivity contribution in [2.45, 2.75) is 19.8 Å². The smallest absolute Gasteiger partial charge is 0.300 e. The van der Waals surface area contributed by atoms with E-state index in [2.05, 4.69) is 24.9 Å². The van der Waals surface area contributed by atoms with E-state index in [-0.39, 0.29) is 51.4 Å². The van der Waals surface area contributed by atoms with Gasteiger partial charge < -0.3 is 4.98 Å². The first-order valence-corrected chi connectivity index (χ1v) is 3.12. The van der Waals surface area contributed by atoms with Crippen LogP contribution in [0.4, 0.5) is 0 Å². The van der Waals surface area contributed by atoms with Crippen molar-refractivity contribution in [1.29, 1.82) is 0 Å². The Bertz CT molecular complexity index is 172. The maximum absolute atomic E-state index is 4.12. The van der Waals surface area contributed by atoms with Crippen LogP contribution in [0, 0.1) is 6.07 Å². The molecule has 0 aliphatic rings. The second-order valence-corrected chi connectivity index (χ2v) is 2.34. The molecule has 0 atom stereocenters. The molecule has 2 heteroatoms. The Morgan fingerprint density at radius 1 is 1.50 bits per heavy atom. The van der Waals surface area contributed by atoms with Gasteiger partial charge in [-0.25, -0.2) is 12.1 Å². The summed E-state index contributed by atoms with van der Waals surface area (Å²) in [7, 11) is 0. The Balaban J connectivity index is 0.000000810. The summed E-state index contributed by atoms with van der Waals surface area (Å²) in [6, 6.07) is 6.76. The van der Waals surface area contributed by atoms with Crippen LogP contribution in [0.15, 0.2) is 18.3 Å². The van der Waals surface area contributed by atoms with Crippen molar-refractivity contribution in [3.63, 3.8) is 0 Å². The molecule has 0 saturated carbocycles. The Morgan fingerprint density at radius 3 is 2.50 bits per heavy atom. The fourth-order valence-electron chi connectivity index (χ4n) is 0.673. The molecule has 0 aromatic carbocycles. The van der Waals surface area contributed by atoms with E-state index in [1.807, 2.05) is 12.1 Å². The van der Waals surface area contributed by atoms with Gasteiger partial charge in [0.2, 0.25) is 0 Å². The van der Waals surface area contributed by atoms with Crippen LogP contribution >= 0.6 is 0 Å². The fraction of sp³-hybridized carbons (Fsp3) is 0.375. The van der Waals surface area contributed by atoms with Crippen molar-refractivity contribution in [1.82, 2.24) is 4.98 Å². The van der Waals surface area contributed by atoms with Gasteiger partial charge in [0.05, 0.1) is 0 Å². The molecule has 0 saturated heterocycles. The average molecular weight is 159 g/mol. The van der Waals surface area contributed by atoms with E-state index in [4.69, 9.17) is 0 Å². The summed E-state index contributed by atoms with van der Waals surface area (Å²) < 4.78 is 0. The minimum Gasteiger partial charge on any atom is -0.300 e. The van der Waals surface area contributed by atoms with Crippen molar-refractivity contribution in [3.8, 4) is 0 Å². The van der Waals surface area contributed by atoms with Crippen molar-refractivity contribution < 1.29 is 51.4 Å². The van der Waals surface area contributed by atoms with E-state index in [1.54, 1.807) is 6.20 Å². The first kappa shape index (κ1) is 10.8. The van der Waals surface area contributed by atoms with E-state index in [0.717, 1.165) is 5.69 Å². The fourth-order valence-corrected chi connectivity index (χ4v) is 0.673. The zero-order valence-electron chi connectivity index (χ0n) is 6.76. The van der Waals surface area contributed by atoms with Gasteiger partial charge in [0, 0.05) is 0 Å². The number of hydrogen-bond donors (Lipinski definition) is 0. The molecule has 0 fully saturated rings. The van der Waals surface area contributed by atoms with Gasteiger partial charge >= 0.3 is 51.4 Å². The molecule has 0 aliphatic carbocycles. The topological polar surface area (TPSA) is 12.9 Å². The minimum atomic E-state index is 0. The third kappa shape index (κ3) is 3.26. The van der Waals surface area contributed by atoms with E-state index < -0.39 is 0 Å². The van der Waals surface area contributed by atoms with Gasteiger partial charge in [-0.05, 0) is 11.6 Å². The second kappa shape index (κ2) is 5.44. The molecule has 1 aromatic rings. The van der Waals surface area contributed by atoms with Crippen molar-refractivity contribution in [2.75, 3.05) is 0 Å². The predicted molar refractivity (Wildman–Crippen MR) is 37.2 cm³/mol. The van der Waals surface area contributed by atoms with E-state index >= 15 is 0 Å². The molecular weight excluding hydrogens is 149 g/mol. The first-order valence-electron chi connectivity index (χ1n) is 3.12. The van der Waals surface area contributed by atoms with E-state index in [9.17, 15) is 0 Å². The zero-order valence-corrected chi connectivity index (χ0v) is 9.88. The standard InChI is InChI=1S/C8H10N.K/c1-7(2)8-5-3-4-6-9-8;/h3,5-7H,1-2H3;/q-1;+1. The van der Waals surface area contributed by atoms with Crippen molar-refractivity contribution in [2.24, 2.45) is 0 Å². The third-order valence-electron chi connectivity index (χ3n) is 1.23. The number of pyridine rings is 1. The Kier molecular flexibility index (Phi) is 5.87. The van der Waals surface area contributed by atoms with Crippen LogP contribution in [0.3, 0.4) is 0 Å². The summed E-state index contributed by atoms with van der Waals surface area (Å²) in [5.41, 5.74) is 1.13. The molecule has 0 bridgehead atoms. The molecule has 0 radical (unpaired) electrons. The summed E-state index contributed by atoms with van der Waals surface area (Å²) in [6.45, 7) is 4.25. The maximum Gasteiger partial charge on any atom is 1.00 e. The summed E-state index contributed by atoms with van der Waals surface area (Å²) in [5.74, 6) is 0.527. The number of hydrogen-bond acceptors (Lipinski definition) is 1. The largest absolute Gasteiger partial charge is 1.00 e. The summed E-state index contributed by atoms with van der Waals surface area (Å²) >= 11 is 0.